The van der Waals surface area contributed by atoms with Gasteiger partial charge in [-0.1, -0.05) is 0 Å². The maximum Gasteiger partial charge on any atom is 0.316 e. The lowest BCUT2D eigenvalue weighted by Crippen LogP contribution is -2.31. The summed E-state index contributed by atoms with van der Waals surface area (Å²) >= 11 is 0. The summed E-state index contributed by atoms with van der Waals surface area (Å²) in [5.74, 6) is 1.43. The summed E-state index contributed by atoms with van der Waals surface area (Å²) in [4.78, 5) is 22.9. The highest BCUT2D eigenvalue weighted by atomic mass is 16.5. The average Bonchev–Trinajstić information content (AvgIpc) is 3.31. The first kappa shape index (κ1) is 17.0. The van der Waals surface area contributed by atoms with Crippen LogP contribution in [0.5, 0.6) is 6.01 Å². The lowest BCUT2D eigenvalue weighted by molar-refractivity contribution is 0.0670. The minimum Gasteiger partial charge on any atom is -0.469 e. The fourth-order valence-electron chi connectivity index (χ4n) is 3.84. The summed E-state index contributed by atoms with van der Waals surface area (Å²) in [6, 6.07) is 3.99. The van der Waals surface area contributed by atoms with Gasteiger partial charge in [-0.25, -0.2) is 9.97 Å². The second kappa shape index (κ2) is 7.07. The third kappa shape index (κ3) is 3.31. The molecule has 0 unspecified atom stereocenters. The average molecular weight is 357 g/mol. The van der Waals surface area contributed by atoms with E-state index in [0.717, 1.165) is 25.3 Å². The van der Waals surface area contributed by atoms with Crippen LogP contribution in [-0.4, -0.2) is 53.2 Å². The Bertz CT molecular complexity index is 791. The number of hydrogen-bond acceptors (Lipinski definition) is 6. The molecule has 0 saturated carbocycles. The molecule has 7 heteroatoms. The van der Waals surface area contributed by atoms with Crippen LogP contribution in [0.1, 0.15) is 28.2 Å². The van der Waals surface area contributed by atoms with Crippen LogP contribution in [0.25, 0.3) is 0 Å². The molecule has 4 rings (SSSR count). The number of nitrogens with zero attached hydrogens (tertiary/aromatic N) is 3. The first-order chi connectivity index (χ1) is 12.6. The zero-order valence-electron chi connectivity index (χ0n) is 15.1. The topological polar surface area (TPSA) is 77.7 Å². The van der Waals surface area contributed by atoms with E-state index in [1.54, 1.807) is 18.5 Å². The van der Waals surface area contributed by atoms with Crippen molar-refractivity contribution >= 4 is 5.91 Å². The predicted molar refractivity (Wildman–Crippen MR) is 92.9 cm³/mol. The van der Waals surface area contributed by atoms with E-state index in [4.69, 9.17) is 13.9 Å². The Kier molecular flexibility index (Phi) is 4.63. The van der Waals surface area contributed by atoms with Crippen molar-refractivity contribution in [1.82, 2.24) is 14.9 Å². The fraction of sp³-hybridized carbons (Fsp3) is 0.526. The molecule has 7 nitrogen and oxygen atoms in total. The molecule has 0 aromatic carbocycles. The van der Waals surface area contributed by atoms with E-state index in [9.17, 15) is 4.79 Å². The third-order valence-electron chi connectivity index (χ3n) is 5.31. The van der Waals surface area contributed by atoms with Crippen molar-refractivity contribution in [1.29, 1.82) is 0 Å². The number of likely N-dealkylation sites (tertiary alicyclic amines) is 1. The number of furan rings is 1. The van der Waals surface area contributed by atoms with Crippen LogP contribution in [0.4, 0.5) is 0 Å². The largest absolute Gasteiger partial charge is 0.469 e. The molecule has 2 aromatic rings. The molecule has 4 heterocycles. The van der Waals surface area contributed by atoms with E-state index in [1.165, 1.54) is 0 Å². The first-order valence-electron chi connectivity index (χ1n) is 8.99. The number of aryl methyl sites for hydroxylation is 2. The van der Waals surface area contributed by atoms with Gasteiger partial charge in [0.15, 0.2) is 0 Å². The molecule has 3 atom stereocenters. The van der Waals surface area contributed by atoms with Crippen LogP contribution in [0.2, 0.25) is 0 Å². The van der Waals surface area contributed by atoms with Crippen LogP contribution in [0.15, 0.2) is 29.0 Å². The van der Waals surface area contributed by atoms with E-state index >= 15 is 0 Å². The Labute approximate surface area is 152 Å². The van der Waals surface area contributed by atoms with Gasteiger partial charge >= 0.3 is 6.01 Å². The van der Waals surface area contributed by atoms with Crippen LogP contribution >= 0.6 is 0 Å². The van der Waals surface area contributed by atoms with E-state index < -0.39 is 0 Å². The second-order valence-corrected chi connectivity index (χ2v) is 7.01. The molecule has 0 spiro atoms. The zero-order valence-corrected chi connectivity index (χ0v) is 15.1. The van der Waals surface area contributed by atoms with Gasteiger partial charge in [0.1, 0.15) is 5.76 Å². The molecule has 2 aliphatic heterocycles. The first-order valence-corrected chi connectivity index (χ1v) is 8.99. The monoisotopic (exact) mass is 357 g/mol. The van der Waals surface area contributed by atoms with Crippen molar-refractivity contribution in [2.45, 2.75) is 26.4 Å². The number of ether oxygens (including phenoxy) is 2. The summed E-state index contributed by atoms with van der Waals surface area (Å²) in [5.41, 5.74) is 1.53. The smallest absolute Gasteiger partial charge is 0.316 e. The highest BCUT2D eigenvalue weighted by Crippen LogP contribution is 2.36. The Hall–Kier alpha value is -2.41. The van der Waals surface area contributed by atoms with Gasteiger partial charge in [-0.05, 0) is 38.3 Å². The third-order valence-corrected chi connectivity index (χ3v) is 5.31. The number of fused-ring (bicyclic) bond motifs is 1. The van der Waals surface area contributed by atoms with Gasteiger partial charge in [0.05, 0.1) is 31.1 Å². The van der Waals surface area contributed by atoms with Crippen LogP contribution < -0.4 is 4.74 Å². The predicted octanol–water partition coefficient (Wildman–Crippen LogP) is 2.24. The van der Waals surface area contributed by atoms with E-state index in [2.05, 4.69) is 9.97 Å². The zero-order chi connectivity index (χ0) is 18.1. The number of aromatic nitrogens is 2. The van der Waals surface area contributed by atoms with Gasteiger partial charge < -0.3 is 18.8 Å². The number of amides is 1. The quantitative estimate of drug-likeness (QED) is 0.817. The number of rotatable bonds is 5. The molecular weight excluding hydrogens is 334 g/mol. The molecule has 0 N–H and O–H groups in total. The molecule has 2 aromatic heterocycles. The normalized spacial score (nSPS) is 24.7. The van der Waals surface area contributed by atoms with Gasteiger partial charge in [0.2, 0.25) is 0 Å². The van der Waals surface area contributed by atoms with Gasteiger partial charge in [0.25, 0.3) is 5.91 Å². The highest BCUT2D eigenvalue weighted by Gasteiger charge is 2.45. The Morgan fingerprint density at radius 2 is 2.23 bits per heavy atom. The molecule has 2 fully saturated rings. The van der Waals surface area contributed by atoms with Crippen molar-refractivity contribution in [3.05, 3.63) is 41.6 Å². The standard InChI is InChI=1S/C19H23N3O4/c1-12-3-6-20-19(21-12)25-7-4-14-11-26-17-10-22(9-16(14)17)18(23)15-5-8-24-13(15)2/h3,5-6,8,14,16-17H,4,7,9-11H2,1-2H3/t14-,16-,17-/m0/s1. The van der Waals surface area contributed by atoms with Crippen molar-refractivity contribution in [2.24, 2.45) is 11.8 Å². The van der Waals surface area contributed by atoms with Gasteiger partial charge in [-0.15, -0.1) is 0 Å². The Morgan fingerprint density at radius 3 is 3.00 bits per heavy atom. The fourth-order valence-corrected chi connectivity index (χ4v) is 3.84. The van der Waals surface area contributed by atoms with Crippen molar-refractivity contribution < 1.29 is 18.7 Å². The second-order valence-electron chi connectivity index (χ2n) is 7.01. The number of carbonyl (C=O) groups is 1. The maximum absolute atomic E-state index is 12.7. The maximum atomic E-state index is 12.7. The highest BCUT2D eigenvalue weighted by molar-refractivity contribution is 5.95. The number of hydrogen-bond donors (Lipinski definition) is 0. The molecular formula is C19H23N3O4. The summed E-state index contributed by atoms with van der Waals surface area (Å²) < 4.78 is 16.9. The van der Waals surface area contributed by atoms with Gasteiger partial charge in [0, 0.05) is 30.9 Å². The SMILES string of the molecule is Cc1ccnc(OCC[C@H]2CO[C@H]3CN(C(=O)c4ccoc4C)C[C@@H]23)n1. The molecule has 1 amide bonds. The summed E-state index contributed by atoms with van der Waals surface area (Å²) in [6.45, 7) is 6.37. The molecule has 138 valence electrons. The van der Waals surface area contributed by atoms with Crippen LogP contribution in [0.3, 0.4) is 0 Å². The van der Waals surface area contributed by atoms with Crippen LogP contribution in [-0.2, 0) is 4.74 Å². The van der Waals surface area contributed by atoms with E-state index in [1.807, 2.05) is 24.8 Å². The minimum absolute atomic E-state index is 0.0254. The van der Waals surface area contributed by atoms with Gasteiger partial charge in [-0.3, -0.25) is 4.79 Å². The van der Waals surface area contributed by atoms with Crippen molar-refractivity contribution in [2.75, 3.05) is 26.3 Å². The minimum atomic E-state index is 0.0254. The Balaban J connectivity index is 1.32. The van der Waals surface area contributed by atoms with Crippen molar-refractivity contribution in [3.8, 4) is 6.01 Å². The molecule has 2 aliphatic rings. The molecule has 2 saturated heterocycles. The van der Waals surface area contributed by atoms with Gasteiger partial charge in [-0.2, -0.15) is 0 Å². The lowest BCUT2D eigenvalue weighted by Gasteiger charge is -2.19. The summed E-state index contributed by atoms with van der Waals surface area (Å²) in [5, 5.41) is 0. The molecule has 0 aliphatic carbocycles. The van der Waals surface area contributed by atoms with Crippen molar-refractivity contribution in [3.63, 3.8) is 0 Å². The molecule has 26 heavy (non-hydrogen) atoms. The Morgan fingerprint density at radius 1 is 1.35 bits per heavy atom. The molecule has 0 bridgehead atoms. The van der Waals surface area contributed by atoms with Crippen LogP contribution in [0, 0.1) is 25.7 Å². The summed E-state index contributed by atoms with van der Waals surface area (Å²) in [6.07, 6.45) is 4.24. The lowest BCUT2D eigenvalue weighted by atomic mass is 9.91. The van der Waals surface area contributed by atoms with E-state index in [0.29, 0.717) is 42.3 Å². The summed E-state index contributed by atoms with van der Waals surface area (Å²) in [7, 11) is 0. The van der Waals surface area contributed by atoms with E-state index in [-0.39, 0.29) is 12.0 Å². The molecule has 0 radical (unpaired) electrons. The number of carbonyl (C=O) groups excluding carboxylic acids is 1.